The Bertz CT molecular complexity index is 357. The fraction of sp³-hybridized carbons (Fsp3) is 0.333. The third-order valence-corrected chi connectivity index (χ3v) is 2.52. The summed E-state index contributed by atoms with van der Waals surface area (Å²) in [5, 5.41) is 9.18. The van der Waals surface area contributed by atoms with Crippen LogP contribution in [-0.4, -0.2) is 9.59 Å². The molecule has 14 heavy (non-hydrogen) atoms. The normalized spacial score (nSPS) is 12.9. The SMILES string of the molecule is C[C@@H](NCc1csnn1)c1ccco1. The van der Waals surface area contributed by atoms with Crippen molar-refractivity contribution in [1.82, 2.24) is 14.9 Å². The minimum atomic E-state index is 0.201. The first-order chi connectivity index (χ1) is 6.86. The van der Waals surface area contributed by atoms with Crippen LogP contribution in [0.5, 0.6) is 0 Å². The molecule has 2 heterocycles. The van der Waals surface area contributed by atoms with Gasteiger partial charge >= 0.3 is 0 Å². The van der Waals surface area contributed by atoms with Gasteiger partial charge in [-0.15, -0.1) is 5.10 Å². The number of aromatic nitrogens is 2. The van der Waals surface area contributed by atoms with Gasteiger partial charge in [-0.3, -0.25) is 0 Å². The van der Waals surface area contributed by atoms with E-state index >= 15 is 0 Å². The second-order valence-electron chi connectivity index (χ2n) is 3.01. The zero-order valence-corrected chi connectivity index (χ0v) is 8.62. The standard InChI is InChI=1S/C9H11N3OS/c1-7(9-3-2-4-13-9)10-5-8-6-14-12-11-8/h2-4,6-7,10H,5H2,1H3/t7-/m1/s1. The summed E-state index contributed by atoms with van der Waals surface area (Å²) in [6.45, 7) is 2.77. The minimum absolute atomic E-state index is 0.201. The van der Waals surface area contributed by atoms with Gasteiger partial charge in [-0.25, -0.2) is 0 Å². The lowest BCUT2D eigenvalue weighted by molar-refractivity contribution is 0.428. The molecule has 0 fully saturated rings. The second kappa shape index (κ2) is 4.34. The molecular formula is C9H11N3OS. The molecule has 0 radical (unpaired) electrons. The molecule has 0 aromatic carbocycles. The van der Waals surface area contributed by atoms with Gasteiger partial charge in [-0.05, 0) is 30.6 Å². The van der Waals surface area contributed by atoms with E-state index in [9.17, 15) is 0 Å². The Balaban J connectivity index is 1.87. The molecule has 0 aliphatic rings. The van der Waals surface area contributed by atoms with Crippen LogP contribution in [0, 0.1) is 0 Å². The molecule has 1 atom stereocenters. The van der Waals surface area contributed by atoms with Crippen LogP contribution in [0.25, 0.3) is 0 Å². The maximum atomic E-state index is 5.27. The van der Waals surface area contributed by atoms with Crippen LogP contribution in [0.1, 0.15) is 24.4 Å². The van der Waals surface area contributed by atoms with Gasteiger partial charge in [-0.1, -0.05) is 4.49 Å². The van der Waals surface area contributed by atoms with Crippen LogP contribution in [0.4, 0.5) is 0 Å². The molecule has 2 rings (SSSR count). The zero-order valence-electron chi connectivity index (χ0n) is 7.80. The number of hydrogen-bond donors (Lipinski definition) is 1. The molecule has 74 valence electrons. The smallest absolute Gasteiger partial charge is 0.120 e. The molecule has 0 spiro atoms. The number of hydrogen-bond acceptors (Lipinski definition) is 5. The van der Waals surface area contributed by atoms with Crippen molar-refractivity contribution in [3.8, 4) is 0 Å². The van der Waals surface area contributed by atoms with E-state index in [0.717, 1.165) is 18.0 Å². The Kier molecular flexibility index (Phi) is 2.90. The fourth-order valence-corrected chi connectivity index (χ4v) is 1.61. The maximum Gasteiger partial charge on any atom is 0.120 e. The van der Waals surface area contributed by atoms with Crippen LogP contribution < -0.4 is 5.32 Å². The summed E-state index contributed by atoms with van der Waals surface area (Å²) < 4.78 is 9.06. The maximum absolute atomic E-state index is 5.27. The van der Waals surface area contributed by atoms with E-state index in [1.165, 1.54) is 11.5 Å². The molecule has 0 saturated heterocycles. The third kappa shape index (κ3) is 2.18. The average Bonchev–Trinajstić information content (AvgIpc) is 2.87. The molecule has 0 aliphatic carbocycles. The van der Waals surface area contributed by atoms with E-state index in [4.69, 9.17) is 4.42 Å². The molecule has 5 heteroatoms. The predicted octanol–water partition coefficient (Wildman–Crippen LogP) is 1.98. The van der Waals surface area contributed by atoms with Gasteiger partial charge in [0, 0.05) is 11.9 Å². The van der Waals surface area contributed by atoms with Gasteiger partial charge < -0.3 is 9.73 Å². The lowest BCUT2D eigenvalue weighted by Crippen LogP contribution is -2.17. The van der Waals surface area contributed by atoms with Gasteiger partial charge in [0.25, 0.3) is 0 Å². The van der Waals surface area contributed by atoms with Gasteiger partial charge in [0.15, 0.2) is 0 Å². The molecule has 0 bridgehead atoms. The Morgan fingerprint density at radius 3 is 3.21 bits per heavy atom. The molecule has 0 saturated carbocycles. The monoisotopic (exact) mass is 209 g/mol. The fourth-order valence-electron chi connectivity index (χ4n) is 1.16. The van der Waals surface area contributed by atoms with Crippen molar-refractivity contribution in [2.24, 2.45) is 0 Å². The molecular weight excluding hydrogens is 198 g/mol. The molecule has 2 aromatic heterocycles. The Labute approximate surface area is 86.1 Å². The number of rotatable bonds is 4. The van der Waals surface area contributed by atoms with Gasteiger partial charge in [0.1, 0.15) is 5.76 Å². The van der Waals surface area contributed by atoms with Crippen molar-refractivity contribution in [3.05, 3.63) is 35.2 Å². The Morgan fingerprint density at radius 1 is 1.64 bits per heavy atom. The van der Waals surface area contributed by atoms with E-state index in [2.05, 4.69) is 21.8 Å². The molecule has 0 amide bonds. The average molecular weight is 209 g/mol. The van der Waals surface area contributed by atoms with Crippen LogP contribution >= 0.6 is 11.5 Å². The summed E-state index contributed by atoms with van der Waals surface area (Å²) >= 11 is 1.36. The van der Waals surface area contributed by atoms with E-state index in [1.807, 2.05) is 17.5 Å². The van der Waals surface area contributed by atoms with Crippen molar-refractivity contribution >= 4 is 11.5 Å². The van der Waals surface area contributed by atoms with Crippen LogP contribution in [-0.2, 0) is 6.54 Å². The summed E-state index contributed by atoms with van der Waals surface area (Å²) in [5.74, 6) is 0.938. The van der Waals surface area contributed by atoms with Crippen molar-refractivity contribution < 1.29 is 4.42 Å². The van der Waals surface area contributed by atoms with Crippen LogP contribution in [0.15, 0.2) is 28.2 Å². The van der Waals surface area contributed by atoms with Crippen LogP contribution in [0.3, 0.4) is 0 Å². The first-order valence-corrected chi connectivity index (χ1v) is 5.22. The van der Waals surface area contributed by atoms with Crippen molar-refractivity contribution in [2.75, 3.05) is 0 Å². The first-order valence-electron chi connectivity index (χ1n) is 4.39. The van der Waals surface area contributed by atoms with E-state index in [1.54, 1.807) is 6.26 Å². The molecule has 2 aromatic rings. The summed E-state index contributed by atoms with van der Waals surface area (Å²) in [6.07, 6.45) is 1.68. The molecule has 0 unspecified atom stereocenters. The number of furan rings is 1. The topological polar surface area (TPSA) is 51.0 Å². The predicted molar refractivity (Wildman–Crippen MR) is 53.9 cm³/mol. The Hall–Kier alpha value is -1.20. The minimum Gasteiger partial charge on any atom is -0.468 e. The van der Waals surface area contributed by atoms with Crippen molar-refractivity contribution in [3.63, 3.8) is 0 Å². The quantitative estimate of drug-likeness (QED) is 0.836. The highest BCUT2D eigenvalue weighted by Crippen LogP contribution is 2.12. The highest BCUT2D eigenvalue weighted by Gasteiger charge is 2.07. The molecule has 0 aliphatic heterocycles. The molecule has 4 nitrogen and oxygen atoms in total. The summed E-state index contributed by atoms with van der Waals surface area (Å²) in [6, 6.07) is 4.04. The van der Waals surface area contributed by atoms with E-state index < -0.39 is 0 Å². The highest BCUT2D eigenvalue weighted by molar-refractivity contribution is 7.03. The van der Waals surface area contributed by atoms with E-state index in [0.29, 0.717) is 0 Å². The first kappa shape index (κ1) is 9.36. The third-order valence-electron chi connectivity index (χ3n) is 1.96. The van der Waals surface area contributed by atoms with Gasteiger partial charge in [-0.2, -0.15) is 0 Å². The van der Waals surface area contributed by atoms with Gasteiger partial charge in [0.2, 0.25) is 0 Å². The summed E-state index contributed by atoms with van der Waals surface area (Å²) in [5.41, 5.74) is 0.966. The lowest BCUT2D eigenvalue weighted by atomic mass is 10.2. The number of nitrogens with zero attached hydrogens (tertiary/aromatic N) is 2. The van der Waals surface area contributed by atoms with Gasteiger partial charge in [0.05, 0.1) is 18.0 Å². The molecule has 1 N–H and O–H groups in total. The Morgan fingerprint density at radius 2 is 2.57 bits per heavy atom. The summed E-state index contributed by atoms with van der Waals surface area (Å²) in [7, 11) is 0. The highest BCUT2D eigenvalue weighted by atomic mass is 32.1. The van der Waals surface area contributed by atoms with Crippen LogP contribution in [0.2, 0.25) is 0 Å². The van der Waals surface area contributed by atoms with Crippen molar-refractivity contribution in [1.29, 1.82) is 0 Å². The zero-order chi connectivity index (χ0) is 9.80. The largest absolute Gasteiger partial charge is 0.468 e. The lowest BCUT2D eigenvalue weighted by Gasteiger charge is -2.08. The second-order valence-corrected chi connectivity index (χ2v) is 3.62. The number of nitrogens with one attached hydrogen (secondary N) is 1. The summed E-state index contributed by atoms with van der Waals surface area (Å²) in [4.78, 5) is 0. The van der Waals surface area contributed by atoms with E-state index in [-0.39, 0.29) is 6.04 Å². The van der Waals surface area contributed by atoms with Crippen molar-refractivity contribution in [2.45, 2.75) is 19.5 Å².